The molecule has 0 N–H and O–H groups in total. The highest BCUT2D eigenvalue weighted by molar-refractivity contribution is 5.81. The molecule has 224 valence electrons. The fourth-order valence-electron chi connectivity index (χ4n) is 3.86. The lowest BCUT2D eigenvalue weighted by molar-refractivity contribution is -0.140. The first kappa shape index (κ1) is 33.6. The number of rotatable bonds is 20. The summed E-state index contributed by atoms with van der Waals surface area (Å²) in [6.45, 7) is 17.1. The first-order valence-electron chi connectivity index (χ1n) is 13.9. The second-order valence-corrected chi connectivity index (χ2v) is 10.1. The number of hydrogen-bond donors (Lipinski definition) is 0. The quantitative estimate of drug-likeness (QED) is 0.112. The van der Waals surface area contributed by atoms with Gasteiger partial charge in [0.1, 0.15) is 24.7 Å². The molecule has 2 unspecified atom stereocenters. The Morgan fingerprint density at radius 1 is 0.659 bits per heavy atom. The van der Waals surface area contributed by atoms with Crippen LogP contribution in [0.4, 0.5) is 0 Å². The van der Waals surface area contributed by atoms with Gasteiger partial charge in [0.15, 0.2) is 0 Å². The molecule has 0 aliphatic carbocycles. The zero-order valence-corrected chi connectivity index (χ0v) is 24.8. The van der Waals surface area contributed by atoms with E-state index >= 15 is 0 Å². The lowest BCUT2D eigenvalue weighted by Gasteiger charge is -2.26. The van der Waals surface area contributed by atoms with E-state index in [9.17, 15) is 9.59 Å². The Morgan fingerprint density at radius 3 is 1.37 bits per heavy atom. The van der Waals surface area contributed by atoms with Crippen molar-refractivity contribution in [1.82, 2.24) is 0 Å². The van der Waals surface area contributed by atoms with E-state index in [-0.39, 0.29) is 30.8 Å². The standard InChI is InChI=1S/C33H44O8/c1-7-31(34)40-23-21-36-25(3)17-19-38-29-13-9-27(10-14-29)33(5,6)28-11-15-30(16-12-28)39-20-18-26(4)37-22-24-41-32(35)8-2/h7-16,25-26H,1-2,17-24H2,3-6H3. The highest BCUT2D eigenvalue weighted by Crippen LogP contribution is 2.33. The van der Waals surface area contributed by atoms with E-state index in [0.29, 0.717) is 26.4 Å². The minimum absolute atomic E-state index is 0.0140. The second-order valence-electron chi connectivity index (χ2n) is 10.1. The largest absolute Gasteiger partial charge is 0.493 e. The fraction of sp³-hybridized carbons (Fsp3) is 0.455. The molecule has 0 aliphatic heterocycles. The molecular formula is C33H44O8. The van der Waals surface area contributed by atoms with E-state index in [1.54, 1.807) is 0 Å². The van der Waals surface area contributed by atoms with Crippen molar-refractivity contribution in [2.24, 2.45) is 0 Å². The molecule has 0 amide bonds. The van der Waals surface area contributed by atoms with Gasteiger partial charge in [-0.15, -0.1) is 0 Å². The third-order valence-corrected chi connectivity index (χ3v) is 6.53. The Hall–Kier alpha value is -3.62. The van der Waals surface area contributed by atoms with Crippen molar-refractivity contribution in [3.8, 4) is 11.5 Å². The monoisotopic (exact) mass is 568 g/mol. The predicted octanol–water partition coefficient (Wildman–Crippen LogP) is 5.82. The minimum Gasteiger partial charge on any atom is -0.493 e. The maximum Gasteiger partial charge on any atom is 0.330 e. The second kappa shape index (κ2) is 17.9. The molecule has 0 radical (unpaired) electrons. The summed E-state index contributed by atoms with van der Waals surface area (Å²) < 4.78 is 32.9. The van der Waals surface area contributed by atoms with Crippen LogP contribution in [0.1, 0.15) is 51.7 Å². The molecule has 2 rings (SSSR count). The van der Waals surface area contributed by atoms with Crippen molar-refractivity contribution < 1.29 is 38.0 Å². The van der Waals surface area contributed by atoms with Gasteiger partial charge in [-0.3, -0.25) is 0 Å². The van der Waals surface area contributed by atoms with Crippen molar-refractivity contribution >= 4 is 11.9 Å². The molecule has 2 atom stereocenters. The molecule has 8 nitrogen and oxygen atoms in total. The van der Waals surface area contributed by atoms with E-state index in [1.165, 1.54) is 11.1 Å². The van der Waals surface area contributed by atoms with Crippen molar-refractivity contribution in [2.45, 2.75) is 58.2 Å². The Bertz CT molecular complexity index is 990. The van der Waals surface area contributed by atoms with Crippen LogP contribution in [0.3, 0.4) is 0 Å². The molecule has 41 heavy (non-hydrogen) atoms. The molecule has 0 saturated carbocycles. The Morgan fingerprint density at radius 2 is 1.02 bits per heavy atom. The molecule has 0 saturated heterocycles. The van der Waals surface area contributed by atoms with Gasteiger partial charge in [0.05, 0.1) is 38.6 Å². The van der Waals surface area contributed by atoms with Crippen LogP contribution in [0.15, 0.2) is 73.8 Å². The lowest BCUT2D eigenvalue weighted by Crippen LogP contribution is -2.19. The smallest absolute Gasteiger partial charge is 0.330 e. The first-order chi connectivity index (χ1) is 19.6. The summed E-state index contributed by atoms with van der Waals surface area (Å²) >= 11 is 0. The van der Waals surface area contributed by atoms with Crippen molar-refractivity contribution in [3.63, 3.8) is 0 Å². The van der Waals surface area contributed by atoms with Crippen molar-refractivity contribution in [2.75, 3.05) is 39.6 Å². The number of carbonyl (C=O) groups excluding carboxylic acids is 2. The SMILES string of the molecule is C=CC(=O)OCCOC(C)CCOc1ccc(C(C)(C)c2ccc(OCCC(C)OCCOC(=O)C=C)cc2)cc1. The van der Waals surface area contributed by atoms with Crippen LogP contribution < -0.4 is 9.47 Å². The van der Waals surface area contributed by atoms with Crippen LogP contribution in [0.2, 0.25) is 0 Å². The summed E-state index contributed by atoms with van der Waals surface area (Å²) in [7, 11) is 0. The van der Waals surface area contributed by atoms with Crippen molar-refractivity contribution in [1.29, 1.82) is 0 Å². The van der Waals surface area contributed by atoms with Gasteiger partial charge in [-0.25, -0.2) is 9.59 Å². The summed E-state index contributed by atoms with van der Waals surface area (Å²) in [5.41, 5.74) is 2.15. The van der Waals surface area contributed by atoms with Crippen LogP contribution in [-0.2, 0) is 34.0 Å². The van der Waals surface area contributed by atoms with Gasteiger partial charge in [-0.1, -0.05) is 51.3 Å². The highest BCUT2D eigenvalue weighted by atomic mass is 16.6. The van der Waals surface area contributed by atoms with E-state index in [4.69, 9.17) is 28.4 Å². The van der Waals surface area contributed by atoms with Crippen LogP contribution >= 0.6 is 0 Å². The fourth-order valence-corrected chi connectivity index (χ4v) is 3.86. The summed E-state index contributed by atoms with van der Waals surface area (Å²) in [6, 6.07) is 16.3. The van der Waals surface area contributed by atoms with Gasteiger partial charge in [0.25, 0.3) is 0 Å². The topological polar surface area (TPSA) is 89.5 Å². The van der Waals surface area contributed by atoms with Crippen LogP contribution in [0.5, 0.6) is 11.5 Å². The molecule has 0 aromatic heterocycles. The maximum atomic E-state index is 11.0. The highest BCUT2D eigenvalue weighted by Gasteiger charge is 2.23. The predicted molar refractivity (Wildman–Crippen MR) is 158 cm³/mol. The minimum atomic E-state index is -0.450. The number of ether oxygens (including phenoxy) is 6. The Balaban J connectivity index is 1.73. The lowest BCUT2D eigenvalue weighted by atomic mass is 9.78. The number of benzene rings is 2. The van der Waals surface area contributed by atoms with Crippen LogP contribution in [-0.4, -0.2) is 63.8 Å². The van der Waals surface area contributed by atoms with E-state index < -0.39 is 11.9 Å². The molecule has 8 heteroatoms. The first-order valence-corrected chi connectivity index (χ1v) is 13.9. The van der Waals surface area contributed by atoms with Crippen LogP contribution in [0, 0.1) is 0 Å². The van der Waals surface area contributed by atoms with Gasteiger partial charge in [-0.2, -0.15) is 0 Å². The third-order valence-electron chi connectivity index (χ3n) is 6.53. The normalized spacial score (nSPS) is 12.6. The average Bonchev–Trinajstić information content (AvgIpc) is 2.97. The Kier molecular flexibility index (Phi) is 14.7. The summed E-state index contributed by atoms with van der Waals surface area (Å²) in [6.07, 6.45) is 3.68. The van der Waals surface area contributed by atoms with Gasteiger partial charge in [0.2, 0.25) is 0 Å². The van der Waals surface area contributed by atoms with E-state index in [1.807, 2.05) is 38.1 Å². The van der Waals surface area contributed by atoms with E-state index in [0.717, 1.165) is 36.5 Å². The average molecular weight is 569 g/mol. The van der Waals surface area contributed by atoms with E-state index in [2.05, 4.69) is 51.3 Å². The zero-order chi connectivity index (χ0) is 30.1. The van der Waals surface area contributed by atoms with Gasteiger partial charge in [-0.05, 0) is 49.2 Å². The molecule has 0 spiro atoms. The number of hydrogen-bond acceptors (Lipinski definition) is 8. The molecule has 0 heterocycles. The van der Waals surface area contributed by atoms with Crippen molar-refractivity contribution in [3.05, 3.63) is 85.0 Å². The maximum absolute atomic E-state index is 11.0. The Labute approximate surface area is 244 Å². The molecule has 0 bridgehead atoms. The van der Waals surface area contributed by atoms with Gasteiger partial charge < -0.3 is 28.4 Å². The number of esters is 2. The molecule has 2 aromatic rings. The van der Waals surface area contributed by atoms with Gasteiger partial charge in [0, 0.05) is 30.4 Å². The molecule has 0 fully saturated rings. The summed E-state index contributed by atoms with van der Waals surface area (Å²) in [5, 5.41) is 0. The summed E-state index contributed by atoms with van der Waals surface area (Å²) in [5.74, 6) is 0.705. The molecular weight excluding hydrogens is 524 g/mol. The summed E-state index contributed by atoms with van der Waals surface area (Å²) in [4.78, 5) is 22.1. The number of carbonyl (C=O) groups is 2. The van der Waals surface area contributed by atoms with Gasteiger partial charge >= 0.3 is 11.9 Å². The van der Waals surface area contributed by atoms with Crippen LogP contribution in [0.25, 0.3) is 0 Å². The molecule has 2 aromatic carbocycles. The zero-order valence-electron chi connectivity index (χ0n) is 24.8. The molecule has 0 aliphatic rings. The third kappa shape index (κ3) is 12.6.